The molecule has 0 heterocycles. The number of amides is 1. The number of methoxy groups -OCH3 is 1. The summed E-state index contributed by atoms with van der Waals surface area (Å²) in [6.45, 7) is 0.477. The van der Waals surface area contributed by atoms with Crippen LogP contribution in [0, 0.1) is 20.2 Å². The minimum Gasteiger partial charge on any atom is -0.383 e. The van der Waals surface area contributed by atoms with Crippen LogP contribution in [0.3, 0.4) is 0 Å². The lowest BCUT2D eigenvalue weighted by Crippen LogP contribution is -2.32. The van der Waals surface area contributed by atoms with Crippen molar-refractivity contribution in [3.05, 3.63) is 38.4 Å². The highest BCUT2D eigenvalue weighted by molar-refractivity contribution is 5.81. The fraction of sp³-hybridized carbons (Fsp3) is 0.364. The summed E-state index contributed by atoms with van der Waals surface area (Å²) in [5, 5.41) is 26.6. The first-order chi connectivity index (χ1) is 9.95. The van der Waals surface area contributed by atoms with E-state index in [1.165, 1.54) is 13.2 Å². The second-order valence-electron chi connectivity index (χ2n) is 3.91. The number of carbonyl (C=O) groups is 1. The van der Waals surface area contributed by atoms with Crippen LogP contribution in [-0.4, -0.2) is 42.6 Å². The van der Waals surface area contributed by atoms with E-state index in [4.69, 9.17) is 4.74 Å². The second kappa shape index (κ2) is 7.75. The molecule has 0 unspecified atom stereocenters. The molecule has 0 radical (unpaired) electrons. The van der Waals surface area contributed by atoms with E-state index in [-0.39, 0.29) is 18.1 Å². The van der Waals surface area contributed by atoms with E-state index in [9.17, 15) is 25.0 Å². The third-order valence-electron chi connectivity index (χ3n) is 2.46. The first kappa shape index (κ1) is 16.3. The van der Waals surface area contributed by atoms with E-state index in [1.54, 1.807) is 0 Å². The Hall–Kier alpha value is -2.75. The average molecular weight is 298 g/mol. The van der Waals surface area contributed by atoms with Crippen molar-refractivity contribution in [3.63, 3.8) is 0 Å². The number of hydrogen-bond donors (Lipinski definition) is 2. The predicted molar refractivity (Wildman–Crippen MR) is 73.1 cm³/mol. The van der Waals surface area contributed by atoms with Gasteiger partial charge < -0.3 is 15.4 Å². The van der Waals surface area contributed by atoms with Gasteiger partial charge in [-0.3, -0.25) is 25.0 Å². The molecule has 0 aliphatic carbocycles. The Balaban J connectivity index is 2.72. The molecule has 114 valence electrons. The lowest BCUT2D eigenvalue weighted by atomic mass is 10.2. The molecule has 0 spiro atoms. The van der Waals surface area contributed by atoms with Gasteiger partial charge in [-0.15, -0.1) is 0 Å². The molecule has 10 heteroatoms. The summed E-state index contributed by atoms with van der Waals surface area (Å²) in [7, 11) is 1.49. The Morgan fingerprint density at radius 1 is 1.29 bits per heavy atom. The van der Waals surface area contributed by atoms with Crippen LogP contribution < -0.4 is 10.6 Å². The molecular formula is C11H14N4O6. The maximum atomic E-state index is 11.4. The molecule has 10 nitrogen and oxygen atoms in total. The summed E-state index contributed by atoms with van der Waals surface area (Å²) >= 11 is 0. The molecule has 0 bridgehead atoms. The number of nitrogens with zero attached hydrogens (tertiary/aromatic N) is 2. The number of nitrogens with one attached hydrogen (secondary N) is 2. The highest BCUT2D eigenvalue weighted by atomic mass is 16.6. The summed E-state index contributed by atoms with van der Waals surface area (Å²) in [5.41, 5.74) is -0.821. The Bertz CT molecular complexity index is 548. The fourth-order valence-corrected chi connectivity index (χ4v) is 1.46. The number of anilines is 1. The van der Waals surface area contributed by atoms with Crippen LogP contribution in [0.4, 0.5) is 17.1 Å². The molecular weight excluding hydrogens is 284 g/mol. The monoisotopic (exact) mass is 298 g/mol. The van der Waals surface area contributed by atoms with Crippen LogP contribution >= 0.6 is 0 Å². The van der Waals surface area contributed by atoms with Gasteiger partial charge in [-0.2, -0.15) is 0 Å². The van der Waals surface area contributed by atoms with Gasteiger partial charge in [-0.05, 0) is 6.07 Å². The standard InChI is InChI=1S/C11H14N4O6/c1-21-5-4-12-11(16)7-13-9-3-2-8(14(17)18)6-10(9)15(19)20/h2-3,6,13H,4-5,7H2,1H3,(H,12,16). The van der Waals surface area contributed by atoms with Gasteiger partial charge in [-0.25, -0.2) is 0 Å². The maximum absolute atomic E-state index is 11.4. The number of hydrogen-bond acceptors (Lipinski definition) is 7. The third kappa shape index (κ3) is 5.03. The molecule has 0 fully saturated rings. The van der Waals surface area contributed by atoms with Gasteiger partial charge in [0.05, 0.1) is 29.1 Å². The van der Waals surface area contributed by atoms with Gasteiger partial charge in [0.25, 0.3) is 11.4 Å². The van der Waals surface area contributed by atoms with Crippen molar-refractivity contribution >= 4 is 23.0 Å². The SMILES string of the molecule is COCCNC(=O)CNc1ccc([N+](=O)[O-])cc1[N+](=O)[O-]. The van der Waals surface area contributed by atoms with Crippen molar-refractivity contribution in [2.45, 2.75) is 0 Å². The van der Waals surface area contributed by atoms with Crippen LogP contribution in [0.5, 0.6) is 0 Å². The number of nitro benzene ring substituents is 2. The van der Waals surface area contributed by atoms with Crippen molar-refractivity contribution < 1.29 is 19.4 Å². The molecule has 1 aromatic rings. The molecule has 2 N–H and O–H groups in total. The first-order valence-electron chi connectivity index (χ1n) is 5.88. The Morgan fingerprint density at radius 2 is 2.00 bits per heavy atom. The van der Waals surface area contributed by atoms with E-state index in [1.807, 2.05) is 0 Å². The zero-order valence-corrected chi connectivity index (χ0v) is 11.2. The lowest BCUT2D eigenvalue weighted by Gasteiger charge is -2.07. The minimum absolute atomic E-state index is 0.0347. The Labute approximate surface area is 119 Å². The molecule has 1 rings (SSSR count). The summed E-state index contributed by atoms with van der Waals surface area (Å²) in [5.74, 6) is -0.375. The maximum Gasteiger partial charge on any atom is 0.299 e. The quantitative estimate of drug-likeness (QED) is 0.409. The van der Waals surface area contributed by atoms with Crippen molar-refractivity contribution in [2.75, 3.05) is 32.1 Å². The Kier molecular flexibility index (Phi) is 6.01. The molecule has 0 saturated heterocycles. The normalized spacial score (nSPS) is 9.95. The minimum atomic E-state index is -0.752. The van der Waals surface area contributed by atoms with Gasteiger partial charge in [0, 0.05) is 19.7 Å². The molecule has 1 aromatic carbocycles. The zero-order valence-electron chi connectivity index (χ0n) is 11.2. The lowest BCUT2D eigenvalue weighted by molar-refractivity contribution is -0.393. The number of rotatable bonds is 8. The summed E-state index contributed by atoms with van der Waals surface area (Å²) in [6.07, 6.45) is 0. The highest BCUT2D eigenvalue weighted by Gasteiger charge is 2.19. The second-order valence-corrected chi connectivity index (χ2v) is 3.91. The van der Waals surface area contributed by atoms with E-state index in [2.05, 4.69) is 10.6 Å². The molecule has 0 aliphatic heterocycles. The third-order valence-corrected chi connectivity index (χ3v) is 2.46. The predicted octanol–water partition coefficient (Wildman–Crippen LogP) is 0.677. The van der Waals surface area contributed by atoms with Crippen LogP contribution in [0.25, 0.3) is 0 Å². The average Bonchev–Trinajstić information content (AvgIpc) is 2.45. The molecule has 0 aromatic heterocycles. The smallest absolute Gasteiger partial charge is 0.299 e. The van der Waals surface area contributed by atoms with Crippen LogP contribution in [0.15, 0.2) is 18.2 Å². The van der Waals surface area contributed by atoms with Crippen LogP contribution in [0.1, 0.15) is 0 Å². The van der Waals surface area contributed by atoms with E-state index in [0.29, 0.717) is 13.2 Å². The molecule has 0 aliphatic rings. The number of carbonyl (C=O) groups excluding carboxylic acids is 1. The van der Waals surface area contributed by atoms with E-state index < -0.39 is 21.2 Å². The van der Waals surface area contributed by atoms with Crippen molar-refractivity contribution in [1.82, 2.24) is 5.32 Å². The van der Waals surface area contributed by atoms with Crippen molar-refractivity contribution in [2.24, 2.45) is 0 Å². The summed E-state index contributed by atoms with van der Waals surface area (Å²) in [6, 6.07) is 3.15. The topological polar surface area (TPSA) is 137 Å². The molecule has 0 saturated carbocycles. The number of non-ortho nitro benzene ring substituents is 1. The first-order valence-corrected chi connectivity index (χ1v) is 5.88. The Morgan fingerprint density at radius 3 is 2.57 bits per heavy atom. The number of benzene rings is 1. The summed E-state index contributed by atoms with van der Waals surface area (Å²) < 4.78 is 4.75. The van der Waals surface area contributed by atoms with Gasteiger partial charge in [-0.1, -0.05) is 0 Å². The van der Waals surface area contributed by atoms with E-state index in [0.717, 1.165) is 12.1 Å². The number of nitro groups is 2. The van der Waals surface area contributed by atoms with Gasteiger partial charge in [0.1, 0.15) is 5.69 Å². The van der Waals surface area contributed by atoms with Crippen molar-refractivity contribution in [1.29, 1.82) is 0 Å². The van der Waals surface area contributed by atoms with Gasteiger partial charge in [0.2, 0.25) is 5.91 Å². The van der Waals surface area contributed by atoms with Crippen LogP contribution in [0.2, 0.25) is 0 Å². The fourth-order valence-electron chi connectivity index (χ4n) is 1.46. The molecule has 21 heavy (non-hydrogen) atoms. The van der Waals surface area contributed by atoms with Gasteiger partial charge >= 0.3 is 0 Å². The number of ether oxygens (including phenoxy) is 1. The largest absolute Gasteiger partial charge is 0.383 e. The van der Waals surface area contributed by atoms with Crippen LogP contribution in [-0.2, 0) is 9.53 Å². The van der Waals surface area contributed by atoms with Crippen molar-refractivity contribution in [3.8, 4) is 0 Å². The van der Waals surface area contributed by atoms with Gasteiger partial charge in [0.15, 0.2) is 0 Å². The highest BCUT2D eigenvalue weighted by Crippen LogP contribution is 2.28. The molecule has 0 atom stereocenters. The van der Waals surface area contributed by atoms with E-state index >= 15 is 0 Å². The molecule has 1 amide bonds. The zero-order chi connectivity index (χ0) is 15.8. The summed E-state index contributed by atoms with van der Waals surface area (Å²) in [4.78, 5) is 31.4.